The molecule has 0 aromatic heterocycles. The van der Waals surface area contributed by atoms with Crippen molar-refractivity contribution in [1.29, 1.82) is 0 Å². The van der Waals surface area contributed by atoms with E-state index in [1.54, 1.807) is 11.4 Å². The predicted octanol–water partition coefficient (Wildman–Crippen LogP) is 1.10. The zero-order chi connectivity index (χ0) is 13.1. The van der Waals surface area contributed by atoms with Gasteiger partial charge in [0.05, 0.1) is 25.6 Å². The molecule has 0 rings (SSSR count). The molecule has 0 unspecified atom stereocenters. The van der Waals surface area contributed by atoms with E-state index in [1.165, 1.54) is 0 Å². The molecule has 0 amide bonds. The Labute approximate surface area is 105 Å². The van der Waals surface area contributed by atoms with Crippen LogP contribution in [-0.2, 0) is 19.5 Å². The molecule has 0 spiro atoms. The lowest BCUT2D eigenvalue weighted by molar-refractivity contribution is 0.0781. The molecular weight excluding hydrogens is 242 g/mol. The summed E-state index contributed by atoms with van der Waals surface area (Å²) in [5.41, 5.74) is 0. The summed E-state index contributed by atoms with van der Waals surface area (Å²) in [7, 11) is -1.58. The average Bonchev–Trinajstić information content (AvgIpc) is 2.28. The summed E-state index contributed by atoms with van der Waals surface area (Å²) in [4.78, 5) is 0. The van der Waals surface area contributed by atoms with E-state index in [-0.39, 0.29) is 12.4 Å². The number of ether oxygens (including phenoxy) is 2. The van der Waals surface area contributed by atoms with Gasteiger partial charge in [-0.25, -0.2) is 12.7 Å². The molecule has 5 nitrogen and oxygen atoms in total. The molecule has 0 aliphatic heterocycles. The van der Waals surface area contributed by atoms with Crippen molar-refractivity contribution in [2.45, 2.75) is 26.7 Å². The van der Waals surface area contributed by atoms with Gasteiger partial charge in [0.2, 0.25) is 10.0 Å². The minimum atomic E-state index is -3.17. The van der Waals surface area contributed by atoms with Crippen LogP contribution < -0.4 is 0 Å². The first-order valence-corrected chi connectivity index (χ1v) is 7.73. The van der Waals surface area contributed by atoms with Crippen LogP contribution in [0.15, 0.2) is 0 Å². The second-order valence-corrected chi connectivity index (χ2v) is 5.91. The van der Waals surface area contributed by atoms with E-state index in [0.29, 0.717) is 26.3 Å². The first kappa shape index (κ1) is 16.8. The highest BCUT2D eigenvalue weighted by atomic mass is 32.2. The fourth-order valence-corrected chi connectivity index (χ4v) is 2.93. The third-order valence-corrected chi connectivity index (χ3v) is 4.09. The molecule has 0 radical (unpaired) electrons. The van der Waals surface area contributed by atoms with Crippen LogP contribution in [0.4, 0.5) is 0 Å². The number of hydrogen-bond acceptors (Lipinski definition) is 4. The number of methoxy groups -OCH3 is 1. The molecule has 6 heteroatoms. The third kappa shape index (κ3) is 7.70. The molecule has 0 atom stereocenters. The highest BCUT2D eigenvalue weighted by Gasteiger charge is 2.19. The summed E-state index contributed by atoms with van der Waals surface area (Å²) >= 11 is 0. The molecule has 104 valence electrons. The van der Waals surface area contributed by atoms with Crippen LogP contribution in [0, 0.1) is 0 Å². The van der Waals surface area contributed by atoms with Crippen LogP contribution >= 0.6 is 0 Å². The zero-order valence-electron chi connectivity index (χ0n) is 11.1. The van der Waals surface area contributed by atoms with E-state index in [0.717, 1.165) is 12.8 Å². The molecular formula is C11H25NO4S. The zero-order valence-corrected chi connectivity index (χ0v) is 12.0. The molecule has 0 heterocycles. The second kappa shape index (κ2) is 9.82. The van der Waals surface area contributed by atoms with E-state index in [1.807, 2.05) is 13.8 Å². The maximum atomic E-state index is 12.0. The molecule has 0 aromatic carbocycles. The van der Waals surface area contributed by atoms with Crippen molar-refractivity contribution >= 4 is 10.0 Å². The number of hydrogen-bond donors (Lipinski definition) is 0. The molecule has 0 bridgehead atoms. The summed E-state index contributed by atoms with van der Waals surface area (Å²) in [6.45, 7) is 6.31. The van der Waals surface area contributed by atoms with E-state index < -0.39 is 10.0 Å². The Morgan fingerprint density at radius 1 is 1.00 bits per heavy atom. The standard InChI is InChI=1S/C11H25NO4S/c1-4-6-12(7-5-2)17(13,14)11-10-16-9-8-15-3/h4-11H2,1-3H3. The summed E-state index contributed by atoms with van der Waals surface area (Å²) in [5, 5.41) is 0. The Balaban J connectivity index is 4.04. The van der Waals surface area contributed by atoms with Crippen LogP contribution in [0.5, 0.6) is 0 Å². The van der Waals surface area contributed by atoms with Crippen molar-refractivity contribution in [3.05, 3.63) is 0 Å². The van der Waals surface area contributed by atoms with Gasteiger partial charge in [0.1, 0.15) is 0 Å². The highest BCUT2D eigenvalue weighted by Crippen LogP contribution is 2.04. The fourth-order valence-electron chi connectivity index (χ4n) is 1.43. The second-order valence-electron chi connectivity index (χ2n) is 3.82. The minimum Gasteiger partial charge on any atom is -0.382 e. The van der Waals surface area contributed by atoms with Gasteiger partial charge in [-0.2, -0.15) is 0 Å². The summed E-state index contributed by atoms with van der Waals surface area (Å²) in [6.07, 6.45) is 1.67. The van der Waals surface area contributed by atoms with E-state index in [9.17, 15) is 8.42 Å². The Kier molecular flexibility index (Phi) is 9.72. The summed E-state index contributed by atoms with van der Waals surface area (Å²) in [6, 6.07) is 0. The topological polar surface area (TPSA) is 55.8 Å². The molecule has 0 aliphatic carbocycles. The molecule has 0 fully saturated rings. The third-order valence-electron chi connectivity index (χ3n) is 2.26. The van der Waals surface area contributed by atoms with E-state index >= 15 is 0 Å². The molecule has 0 aliphatic rings. The highest BCUT2D eigenvalue weighted by molar-refractivity contribution is 7.89. The van der Waals surface area contributed by atoms with E-state index in [2.05, 4.69) is 0 Å². The average molecular weight is 267 g/mol. The van der Waals surface area contributed by atoms with Crippen LogP contribution in [0.2, 0.25) is 0 Å². The van der Waals surface area contributed by atoms with E-state index in [4.69, 9.17) is 9.47 Å². The summed E-state index contributed by atoms with van der Waals surface area (Å²) in [5.74, 6) is 0.0523. The Hall–Kier alpha value is -0.170. The molecule has 17 heavy (non-hydrogen) atoms. The smallest absolute Gasteiger partial charge is 0.216 e. The van der Waals surface area contributed by atoms with Crippen LogP contribution in [0.1, 0.15) is 26.7 Å². The first-order valence-electron chi connectivity index (χ1n) is 6.13. The Bertz CT molecular complexity index is 261. The van der Waals surface area contributed by atoms with Crippen molar-refractivity contribution in [3.8, 4) is 0 Å². The monoisotopic (exact) mass is 267 g/mol. The number of rotatable bonds is 11. The Morgan fingerprint density at radius 3 is 2.06 bits per heavy atom. The maximum absolute atomic E-state index is 12.0. The lowest BCUT2D eigenvalue weighted by atomic mass is 10.4. The SMILES string of the molecule is CCCN(CCC)S(=O)(=O)CCOCCOC. The van der Waals surface area contributed by atoms with Crippen molar-refractivity contribution < 1.29 is 17.9 Å². The van der Waals surface area contributed by atoms with Crippen molar-refractivity contribution in [3.63, 3.8) is 0 Å². The number of sulfonamides is 1. The lowest BCUT2D eigenvalue weighted by Crippen LogP contribution is -2.35. The van der Waals surface area contributed by atoms with Gasteiger partial charge in [-0.05, 0) is 12.8 Å². The van der Waals surface area contributed by atoms with Gasteiger partial charge in [0.15, 0.2) is 0 Å². The minimum absolute atomic E-state index is 0.0523. The van der Waals surface area contributed by atoms with Gasteiger partial charge in [-0.1, -0.05) is 13.8 Å². The lowest BCUT2D eigenvalue weighted by Gasteiger charge is -2.20. The van der Waals surface area contributed by atoms with Crippen molar-refractivity contribution in [2.75, 3.05) is 45.8 Å². The van der Waals surface area contributed by atoms with Gasteiger partial charge in [-0.15, -0.1) is 0 Å². The normalized spacial score (nSPS) is 12.2. The first-order chi connectivity index (χ1) is 8.08. The largest absolute Gasteiger partial charge is 0.382 e. The molecule has 0 N–H and O–H groups in total. The van der Waals surface area contributed by atoms with Gasteiger partial charge in [0, 0.05) is 20.2 Å². The summed E-state index contributed by atoms with van der Waals surface area (Å²) < 4.78 is 35.5. The Morgan fingerprint density at radius 2 is 1.59 bits per heavy atom. The quantitative estimate of drug-likeness (QED) is 0.526. The van der Waals surface area contributed by atoms with Crippen LogP contribution in [0.25, 0.3) is 0 Å². The van der Waals surface area contributed by atoms with Gasteiger partial charge >= 0.3 is 0 Å². The van der Waals surface area contributed by atoms with Crippen molar-refractivity contribution in [1.82, 2.24) is 4.31 Å². The molecule has 0 saturated carbocycles. The number of nitrogens with zero attached hydrogens (tertiary/aromatic N) is 1. The fraction of sp³-hybridized carbons (Fsp3) is 1.00. The van der Waals surface area contributed by atoms with Crippen molar-refractivity contribution in [2.24, 2.45) is 0 Å². The molecule has 0 saturated heterocycles. The van der Waals surface area contributed by atoms with Crippen LogP contribution in [-0.4, -0.2) is 58.5 Å². The molecule has 0 aromatic rings. The van der Waals surface area contributed by atoms with Gasteiger partial charge in [0.25, 0.3) is 0 Å². The van der Waals surface area contributed by atoms with Gasteiger partial charge in [-0.3, -0.25) is 0 Å². The van der Waals surface area contributed by atoms with Crippen LogP contribution in [0.3, 0.4) is 0 Å². The van der Waals surface area contributed by atoms with Gasteiger partial charge < -0.3 is 9.47 Å². The predicted molar refractivity (Wildman–Crippen MR) is 68.6 cm³/mol. The maximum Gasteiger partial charge on any atom is 0.216 e.